The number of carbonyl (C=O) groups excluding carboxylic acids is 1. The number of hydrogen-bond acceptors (Lipinski definition) is 1. The molecule has 0 N–H and O–H groups in total. The van der Waals surface area contributed by atoms with Gasteiger partial charge in [-0.15, -0.1) is 0 Å². The van der Waals surface area contributed by atoms with Crippen molar-refractivity contribution in [2.75, 3.05) is 0 Å². The highest BCUT2D eigenvalue weighted by atomic mass is 19.2. The molecule has 0 unspecified atom stereocenters. The molecule has 1 saturated carbocycles. The summed E-state index contributed by atoms with van der Waals surface area (Å²) in [6.07, 6.45) is 2.15. The first-order valence-corrected chi connectivity index (χ1v) is 7.63. The summed E-state index contributed by atoms with van der Waals surface area (Å²) in [7, 11) is 0. The summed E-state index contributed by atoms with van der Waals surface area (Å²) in [6, 6.07) is 10.7. The Morgan fingerprint density at radius 2 is 1.55 bits per heavy atom. The first kappa shape index (κ1) is 14.9. The minimum atomic E-state index is -0.793. The highest BCUT2D eigenvalue weighted by Crippen LogP contribution is 2.36. The van der Waals surface area contributed by atoms with Crippen LogP contribution in [0.3, 0.4) is 0 Å². The smallest absolute Gasteiger partial charge is 0.166 e. The molecule has 1 nitrogen and oxygen atoms in total. The predicted octanol–water partition coefficient (Wildman–Crippen LogP) is 5.17. The molecule has 22 heavy (non-hydrogen) atoms. The van der Waals surface area contributed by atoms with Crippen LogP contribution in [-0.2, 0) is 4.79 Å². The standard InChI is InChI=1S/C19H18F2O/c1-12-2-4-13(5-3-12)16-10-11-17(19(21)18(16)20)14-6-8-15(22)9-7-14/h2-5,10-11,14H,6-9H2,1H3. The van der Waals surface area contributed by atoms with Crippen molar-refractivity contribution in [3.05, 3.63) is 59.2 Å². The lowest BCUT2D eigenvalue weighted by Gasteiger charge is -2.22. The van der Waals surface area contributed by atoms with Crippen LogP contribution >= 0.6 is 0 Å². The van der Waals surface area contributed by atoms with Gasteiger partial charge in [-0.3, -0.25) is 4.79 Å². The summed E-state index contributed by atoms with van der Waals surface area (Å²) < 4.78 is 28.9. The second-order valence-corrected chi connectivity index (χ2v) is 6.01. The number of halogens is 2. The van der Waals surface area contributed by atoms with Crippen molar-refractivity contribution in [2.45, 2.75) is 38.5 Å². The zero-order valence-corrected chi connectivity index (χ0v) is 12.5. The van der Waals surface area contributed by atoms with Crippen LogP contribution in [0.1, 0.15) is 42.7 Å². The number of ketones is 1. The molecule has 2 aromatic rings. The van der Waals surface area contributed by atoms with Crippen LogP contribution in [0.15, 0.2) is 36.4 Å². The van der Waals surface area contributed by atoms with Gasteiger partial charge >= 0.3 is 0 Å². The number of Topliss-reactive ketones (excluding diaryl/α,β-unsaturated/α-hetero) is 1. The van der Waals surface area contributed by atoms with E-state index in [2.05, 4.69) is 0 Å². The first-order chi connectivity index (χ1) is 10.6. The van der Waals surface area contributed by atoms with Crippen molar-refractivity contribution < 1.29 is 13.6 Å². The minimum Gasteiger partial charge on any atom is -0.300 e. The Bertz CT molecular complexity index is 694. The minimum absolute atomic E-state index is 0.0562. The van der Waals surface area contributed by atoms with Crippen LogP contribution in [0.5, 0.6) is 0 Å². The van der Waals surface area contributed by atoms with Gasteiger partial charge in [0.1, 0.15) is 5.78 Å². The maximum Gasteiger partial charge on any atom is 0.166 e. The van der Waals surface area contributed by atoms with Crippen LogP contribution in [0.4, 0.5) is 8.78 Å². The van der Waals surface area contributed by atoms with Gasteiger partial charge in [0.2, 0.25) is 0 Å². The van der Waals surface area contributed by atoms with Gasteiger partial charge in [0, 0.05) is 18.4 Å². The lowest BCUT2D eigenvalue weighted by atomic mass is 9.82. The molecule has 1 aliphatic carbocycles. The average Bonchev–Trinajstić information content (AvgIpc) is 2.52. The van der Waals surface area contributed by atoms with Crippen LogP contribution in [0.25, 0.3) is 11.1 Å². The van der Waals surface area contributed by atoms with E-state index in [0.717, 1.165) is 5.56 Å². The van der Waals surface area contributed by atoms with E-state index < -0.39 is 11.6 Å². The Balaban J connectivity index is 1.94. The van der Waals surface area contributed by atoms with E-state index in [0.29, 0.717) is 36.8 Å². The van der Waals surface area contributed by atoms with Gasteiger partial charge in [-0.2, -0.15) is 0 Å². The Labute approximate surface area is 129 Å². The quantitative estimate of drug-likeness (QED) is 0.748. The topological polar surface area (TPSA) is 17.1 Å². The van der Waals surface area contributed by atoms with Gasteiger partial charge in [0.25, 0.3) is 0 Å². The maximum atomic E-state index is 14.4. The van der Waals surface area contributed by atoms with E-state index in [9.17, 15) is 13.6 Å². The summed E-state index contributed by atoms with van der Waals surface area (Å²) in [5, 5.41) is 0. The van der Waals surface area contributed by atoms with Gasteiger partial charge < -0.3 is 0 Å². The van der Waals surface area contributed by atoms with E-state index in [4.69, 9.17) is 0 Å². The van der Waals surface area contributed by atoms with Crippen LogP contribution in [-0.4, -0.2) is 5.78 Å². The third-order valence-electron chi connectivity index (χ3n) is 4.46. The van der Waals surface area contributed by atoms with E-state index in [-0.39, 0.29) is 17.3 Å². The third kappa shape index (κ3) is 2.80. The Morgan fingerprint density at radius 3 is 2.18 bits per heavy atom. The third-order valence-corrected chi connectivity index (χ3v) is 4.46. The number of hydrogen-bond donors (Lipinski definition) is 0. The number of carbonyl (C=O) groups is 1. The lowest BCUT2D eigenvalue weighted by molar-refractivity contribution is -0.120. The second kappa shape index (κ2) is 5.99. The average molecular weight is 300 g/mol. The fourth-order valence-electron chi connectivity index (χ4n) is 3.09. The van der Waals surface area contributed by atoms with E-state index in [1.54, 1.807) is 24.3 Å². The van der Waals surface area contributed by atoms with Crippen LogP contribution in [0.2, 0.25) is 0 Å². The molecule has 0 bridgehead atoms. The molecule has 0 aliphatic heterocycles. The largest absolute Gasteiger partial charge is 0.300 e. The van der Waals surface area contributed by atoms with Crippen molar-refractivity contribution in [1.29, 1.82) is 0 Å². The van der Waals surface area contributed by atoms with Gasteiger partial charge in [-0.1, -0.05) is 42.0 Å². The molecular formula is C19H18F2O. The second-order valence-electron chi connectivity index (χ2n) is 6.01. The fraction of sp³-hybridized carbons (Fsp3) is 0.316. The summed E-state index contributed by atoms with van der Waals surface area (Å²) in [4.78, 5) is 11.3. The SMILES string of the molecule is Cc1ccc(-c2ccc(C3CCC(=O)CC3)c(F)c2F)cc1. The summed E-state index contributed by atoms with van der Waals surface area (Å²) in [5.74, 6) is -1.40. The molecule has 1 aliphatic rings. The zero-order chi connectivity index (χ0) is 15.7. The molecule has 3 rings (SSSR count). The molecule has 0 saturated heterocycles. The van der Waals surface area contributed by atoms with Gasteiger partial charge in [-0.25, -0.2) is 8.78 Å². The summed E-state index contributed by atoms with van der Waals surface area (Å²) in [5.41, 5.74) is 2.44. The Hall–Kier alpha value is -2.03. The van der Waals surface area contributed by atoms with Gasteiger partial charge in [0.05, 0.1) is 0 Å². The Kier molecular flexibility index (Phi) is 4.06. The van der Waals surface area contributed by atoms with Crippen molar-refractivity contribution in [3.8, 4) is 11.1 Å². The molecule has 0 spiro atoms. The lowest BCUT2D eigenvalue weighted by Crippen LogP contribution is -2.14. The van der Waals surface area contributed by atoms with Crippen LogP contribution in [0, 0.1) is 18.6 Å². The molecule has 3 heteroatoms. The molecule has 2 aromatic carbocycles. The first-order valence-electron chi connectivity index (χ1n) is 7.63. The van der Waals surface area contributed by atoms with Crippen molar-refractivity contribution in [3.63, 3.8) is 0 Å². The van der Waals surface area contributed by atoms with Crippen molar-refractivity contribution >= 4 is 5.78 Å². The van der Waals surface area contributed by atoms with Crippen molar-refractivity contribution in [1.82, 2.24) is 0 Å². The molecule has 0 radical (unpaired) electrons. The molecule has 1 fully saturated rings. The number of aryl methyl sites for hydroxylation is 1. The molecule has 0 atom stereocenters. The highest BCUT2D eigenvalue weighted by molar-refractivity contribution is 5.79. The van der Waals surface area contributed by atoms with E-state index >= 15 is 0 Å². The molecule has 0 amide bonds. The summed E-state index contributed by atoms with van der Waals surface area (Å²) in [6.45, 7) is 1.95. The number of benzene rings is 2. The molecule has 0 heterocycles. The van der Waals surface area contributed by atoms with E-state index in [1.165, 1.54) is 0 Å². The van der Waals surface area contributed by atoms with Crippen LogP contribution < -0.4 is 0 Å². The zero-order valence-electron chi connectivity index (χ0n) is 12.5. The fourth-order valence-corrected chi connectivity index (χ4v) is 3.09. The maximum absolute atomic E-state index is 14.4. The van der Waals surface area contributed by atoms with Gasteiger partial charge in [0.15, 0.2) is 11.6 Å². The molecular weight excluding hydrogens is 282 g/mol. The van der Waals surface area contributed by atoms with E-state index in [1.807, 2.05) is 19.1 Å². The Morgan fingerprint density at radius 1 is 0.909 bits per heavy atom. The molecule has 0 aromatic heterocycles. The molecule has 114 valence electrons. The van der Waals surface area contributed by atoms with Gasteiger partial charge in [-0.05, 0) is 36.8 Å². The van der Waals surface area contributed by atoms with Crippen molar-refractivity contribution in [2.24, 2.45) is 0 Å². The normalized spacial score (nSPS) is 16.0. The highest BCUT2D eigenvalue weighted by Gasteiger charge is 2.25. The number of rotatable bonds is 2. The monoisotopic (exact) mass is 300 g/mol. The summed E-state index contributed by atoms with van der Waals surface area (Å²) >= 11 is 0. The predicted molar refractivity (Wildman–Crippen MR) is 82.7 cm³/mol.